The SMILES string of the molecule is Cc1ccc(C(N)=O)cc1C(=O)NCCc1ccc(-c2ccccc2)cc1. The highest BCUT2D eigenvalue weighted by Gasteiger charge is 2.11. The van der Waals surface area contributed by atoms with Crippen molar-refractivity contribution in [2.24, 2.45) is 5.73 Å². The summed E-state index contributed by atoms with van der Waals surface area (Å²) >= 11 is 0. The number of aryl methyl sites for hydroxylation is 1. The van der Waals surface area contributed by atoms with Gasteiger partial charge in [-0.05, 0) is 47.7 Å². The molecule has 0 heterocycles. The van der Waals surface area contributed by atoms with Gasteiger partial charge in [0.25, 0.3) is 5.91 Å². The minimum atomic E-state index is -0.539. The standard InChI is InChI=1S/C23H22N2O2/c1-16-7-10-20(22(24)26)15-21(16)23(27)25-14-13-17-8-11-19(12-9-17)18-5-3-2-4-6-18/h2-12,15H,13-14H2,1H3,(H2,24,26)(H,25,27). The van der Waals surface area contributed by atoms with Crippen molar-refractivity contribution in [3.05, 3.63) is 95.1 Å². The Morgan fingerprint density at radius 3 is 2.22 bits per heavy atom. The highest BCUT2D eigenvalue weighted by atomic mass is 16.2. The van der Waals surface area contributed by atoms with E-state index in [0.29, 0.717) is 17.7 Å². The first-order chi connectivity index (χ1) is 13.0. The summed E-state index contributed by atoms with van der Waals surface area (Å²) in [7, 11) is 0. The van der Waals surface area contributed by atoms with E-state index < -0.39 is 5.91 Å². The summed E-state index contributed by atoms with van der Waals surface area (Å²) in [6.07, 6.45) is 0.732. The van der Waals surface area contributed by atoms with Crippen molar-refractivity contribution in [1.29, 1.82) is 0 Å². The van der Waals surface area contributed by atoms with E-state index in [1.807, 2.05) is 25.1 Å². The molecule has 0 saturated carbocycles. The van der Waals surface area contributed by atoms with Crippen LogP contribution in [0.1, 0.15) is 31.8 Å². The Balaban J connectivity index is 1.59. The van der Waals surface area contributed by atoms with Crippen LogP contribution in [0.5, 0.6) is 0 Å². The molecule has 3 aromatic carbocycles. The zero-order valence-corrected chi connectivity index (χ0v) is 15.2. The van der Waals surface area contributed by atoms with Gasteiger partial charge in [0.05, 0.1) is 0 Å². The maximum Gasteiger partial charge on any atom is 0.251 e. The minimum Gasteiger partial charge on any atom is -0.366 e. The third kappa shape index (κ3) is 4.61. The molecule has 0 fully saturated rings. The van der Waals surface area contributed by atoms with Crippen molar-refractivity contribution in [2.45, 2.75) is 13.3 Å². The normalized spacial score (nSPS) is 10.4. The second-order valence-corrected chi connectivity index (χ2v) is 6.46. The Hall–Kier alpha value is -3.40. The van der Waals surface area contributed by atoms with Crippen LogP contribution in [-0.4, -0.2) is 18.4 Å². The van der Waals surface area contributed by atoms with E-state index in [0.717, 1.165) is 17.5 Å². The highest BCUT2D eigenvalue weighted by molar-refractivity contribution is 6.00. The van der Waals surface area contributed by atoms with Crippen LogP contribution in [0.3, 0.4) is 0 Å². The molecule has 0 aliphatic heterocycles. The van der Waals surface area contributed by atoms with Crippen LogP contribution in [0, 0.1) is 6.92 Å². The van der Waals surface area contributed by atoms with E-state index in [9.17, 15) is 9.59 Å². The second kappa shape index (κ2) is 8.32. The Bertz CT molecular complexity index is 948. The molecule has 27 heavy (non-hydrogen) atoms. The summed E-state index contributed by atoms with van der Waals surface area (Å²) in [5.41, 5.74) is 10.4. The van der Waals surface area contributed by atoms with Crippen molar-refractivity contribution >= 4 is 11.8 Å². The first kappa shape index (κ1) is 18.4. The number of carbonyl (C=O) groups excluding carboxylic acids is 2. The zero-order chi connectivity index (χ0) is 19.2. The van der Waals surface area contributed by atoms with E-state index in [-0.39, 0.29) is 5.91 Å². The van der Waals surface area contributed by atoms with Crippen LogP contribution in [0.2, 0.25) is 0 Å². The fraction of sp³-hybridized carbons (Fsp3) is 0.130. The molecule has 136 valence electrons. The average Bonchev–Trinajstić information content (AvgIpc) is 2.69. The number of rotatable bonds is 6. The lowest BCUT2D eigenvalue weighted by atomic mass is 10.0. The van der Waals surface area contributed by atoms with E-state index in [2.05, 4.69) is 41.7 Å². The van der Waals surface area contributed by atoms with Crippen LogP contribution in [0.4, 0.5) is 0 Å². The van der Waals surface area contributed by atoms with Crippen molar-refractivity contribution in [2.75, 3.05) is 6.54 Å². The maximum absolute atomic E-state index is 12.4. The Morgan fingerprint density at radius 1 is 0.889 bits per heavy atom. The zero-order valence-electron chi connectivity index (χ0n) is 15.2. The summed E-state index contributed by atoms with van der Waals surface area (Å²) in [6, 6.07) is 23.4. The van der Waals surface area contributed by atoms with Crippen molar-refractivity contribution < 1.29 is 9.59 Å². The minimum absolute atomic E-state index is 0.198. The van der Waals surface area contributed by atoms with Gasteiger partial charge in [-0.3, -0.25) is 9.59 Å². The van der Waals surface area contributed by atoms with Gasteiger partial charge in [-0.25, -0.2) is 0 Å². The predicted octanol–water partition coefficient (Wildman–Crippen LogP) is 3.73. The molecule has 0 aromatic heterocycles. The Kier molecular flexibility index (Phi) is 5.67. The molecule has 0 aliphatic rings. The molecule has 0 unspecified atom stereocenters. The summed E-state index contributed by atoms with van der Waals surface area (Å²) in [5.74, 6) is -0.737. The highest BCUT2D eigenvalue weighted by Crippen LogP contribution is 2.19. The lowest BCUT2D eigenvalue weighted by molar-refractivity contribution is 0.0953. The smallest absolute Gasteiger partial charge is 0.251 e. The molecular weight excluding hydrogens is 336 g/mol. The van der Waals surface area contributed by atoms with Gasteiger partial charge in [0, 0.05) is 17.7 Å². The first-order valence-corrected chi connectivity index (χ1v) is 8.87. The second-order valence-electron chi connectivity index (χ2n) is 6.46. The molecule has 0 saturated heterocycles. The average molecular weight is 358 g/mol. The number of hydrogen-bond donors (Lipinski definition) is 2. The molecule has 0 atom stereocenters. The van der Waals surface area contributed by atoms with Gasteiger partial charge in [0.2, 0.25) is 5.91 Å². The summed E-state index contributed by atoms with van der Waals surface area (Å²) in [6.45, 7) is 2.35. The topological polar surface area (TPSA) is 72.2 Å². The number of nitrogens with two attached hydrogens (primary N) is 1. The van der Waals surface area contributed by atoms with Crippen LogP contribution >= 0.6 is 0 Å². The molecule has 3 N–H and O–H groups in total. The number of primary amides is 1. The van der Waals surface area contributed by atoms with Gasteiger partial charge in [-0.2, -0.15) is 0 Å². The molecule has 0 aliphatic carbocycles. The molecule has 3 aromatic rings. The predicted molar refractivity (Wildman–Crippen MR) is 108 cm³/mol. The fourth-order valence-electron chi connectivity index (χ4n) is 2.93. The lowest BCUT2D eigenvalue weighted by Gasteiger charge is -2.09. The Labute approximate surface area is 159 Å². The molecule has 2 amide bonds. The van der Waals surface area contributed by atoms with Gasteiger partial charge >= 0.3 is 0 Å². The first-order valence-electron chi connectivity index (χ1n) is 8.87. The monoisotopic (exact) mass is 358 g/mol. The van der Waals surface area contributed by atoms with Gasteiger partial charge < -0.3 is 11.1 Å². The van der Waals surface area contributed by atoms with Crippen molar-refractivity contribution in [3.8, 4) is 11.1 Å². The van der Waals surface area contributed by atoms with E-state index >= 15 is 0 Å². The lowest BCUT2D eigenvalue weighted by Crippen LogP contribution is -2.27. The number of benzene rings is 3. The van der Waals surface area contributed by atoms with E-state index in [1.54, 1.807) is 18.2 Å². The van der Waals surface area contributed by atoms with Crippen LogP contribution < -0.4 is 11.1 Å². The summed E-state index contributed by atoms with van der Waals surface area (Å²) in [4.78, 5) is 23.7. The largest absolute Gasteiger partial charge is 0.366 e. The molecule has 0 spiro atoms. The Morgan fingerprint density at radius 2 is 1.56 bits per heavy atom. The summed E-state index contributed by atoms with van der Waals surface area (Å²) < 4.78 is 0. The molecule has 4 nitrogen and oxygen atoms in total. The third-order valence-electron chi connectivity index (χ3n) is 4.53. The fourth-order valence-corrected chi connectivity index (χ4v) is 2.93. The third-order valence-corrected chi connectivity index (χ3v) is 4.53. The van der Waals surface area contributed by atoms with E-state index in [4.69, 9.17) is 5.73 Å². The van der Waals surface area contributed by atoms with Gasteiger partial charge in [-0.1, -0.05) is 60.7 Å². The maximum atomic E-state index is 12.4. The van der Waals surface area contributed by atoms with Crippen molar-refractivity contribution in [1.82, 2.24) is 5.32 Å². The number of hydrogen-bond acceptors (Lipinski definition) is 2. The quantitative estimate of drug-likeness (QED) is 0.705. The van der Waals surface area contributed by atoms with Crippen LogP contribution in [-0.2, 0) is 6.42 Å². The molecule has 4 heteroatoms. The molecule has 3 rings (SSSR count). The number of carbonyl (C=O) groups is 2. The van der Waals surface area contributed by atoms with Crippen molar-refractivity contribution in [3.63, 3.8) is 0 Å². The number of nitrogens with one attached hydrogen (secondary N) is 1. The van der Waals surface area contributed by atoms with Gasteiger partial charge in [0.1, 0.15) is 0 Å². The summed E-state index contributed by atoms with van der Waals surface area (Å²) in [5, 5.41) is 2.91. The van der Waals surface area contributed by atoms with E-state index in [1.165, 1.54) is 11.1 Å². The van der Waals surface area contributed by atoms with Gasteiger partial charge in [-0.15, -0.1) is 0 Å². The number of amides is 2. The molecule has 0 radical (unpaired) electrons. The molecular formula is C23H22N2O2. The van der Waals surface area contributed by atoms with Crippen LogP contribution in [0.25, 0.3) is 11.1 Å². The van der Waals surface area contributed by atoms with Crippen LogP contribution in [0.15, 0.2) is 72.8 Å². The van der Waals surface area contributed by atoms with Gasteiger partial charge in [0.15, 0.2) is 0 Å². The molecule has 0 bridgehead atoms.